The Balaban J connectivity index is 2.73. The van der Waals surface area contributed by atoms with E-state index in [0.717, 1.165) is 13.1 Å². The summed E-state index contributed by atoms with van der Waals surface area (Å²) in [6, 6.07) is 0.664. The molecule has 0 unspecified atom stereocenters. The van der Waals surface area contributed by atoms with E-state index < -0.39 is 0 Å². The first-order chi connectivity index (χ1) is 5.69. The van der Waals surface area contributed by atoms with Crippen LogP contribution in [0.5, 0.6) is 0 Å². The molecular weight excluding hydrogens is 146 g/mol. The molecule has 0 radical (unpaired) electrons. The van der Waals surface area contributed by atoms with Gasteiger partial charge in [-0.25, -0.2) is 0 Å². The first-order valence-electron chi connectivity index (χ1n) is 4.73. The van der Waals surface area contributed by atoms with Gasteiger partial charge in [-0.2, -0.15) is 0 Å². The fraction of sp³-hybridized carbons (Fsp3) is 0.636. The zero-order valence-electron chi connectivity index (χ0n) is 8.59. The highest BCUT2D eigenvalue weighted by Gasteiger charge is 2.21. The van der Waals surface area contributed by atoms with Crippen molar-refractivity contribution in [3.63, 3.8) is 0 Å². The molecule has 0 aromatic heterocycles. The molecule has 0 aliphatic carbocycles. The van der Waals surface area contributed by atoms with Gasteiger partial charge < -0.3 is 0 Å². The largest absolute Gasteiger partial charge is 0.292 e. The lowest BCUT2D eigenvalue weighted by molar-refractivity contribution is 0.289. The molecular formula is C11H19N. The highest BCUT2D eigenvalue weighted by Crippen LogP contribution is 2.22. The van der Waals surface area contributed by atoms with Crippen molar-refractivity contribution in [3.8, 4) is 0 Å². The van der Waals surface area contributed by atoms with Crippen LogP contribution in [0.25, 0.3) is 0 Å². The monoisotopic (exact) mass is 165 g/mol. The lowest BCUT2D eigenvalue weighted by atomic mass is 10.1. The minimum Gasteiger partial charge on any atom is -0.292 e. The molecule has 1 fully saturated rings. The van der Waals surface area contributed by atoms with E-state index in [9.17, 15) is 0 Å². The van der Waals surface area contributed by atoms with Crippen molar-refractivity contribution in [3.05, 3.63) is 23.3 Å². The highest BCUT2D eigenvalue weighted by molar-refractivity contribution is 5.37. The topological polar surface area (TPSA) is 3.24 Å². The van der Waals surface area contributed by atoms with E-state index in [1.165, 1.54) is 11.1 Å². The number of hydrogen-bond acceptors (Lipinski definition) is 1. The van der Waals surface area contributed by atoms with Gasteiger partial charge in [-0.3, -0.25) is 4.90 Å². The molecule has 1 rings (SSSR count). The molecule has 68 valence electrons. The van der Waals surface area contributed by atoms with Crippen molar-refractivity contribution in [2.45, 2.75) is 33.7 Å². The summed E-state index contributed by atoms with van der Waals surface area (Å²) in [6.45, 7) is 11.0. The Labute approximate surface area is 75.8 Å². The van der Waals surface area contributed by atoms with E-state index in [0.29, 0.717) is 6.04 Å². The van der Waals surface area contributed by atoms with Gasteiger partial charge in [0, 0.05) is 19.1 Å². The van der Waals surface area contributed by atoms with E-state index in [-0.39, 0.29) is 0 Å². The van der Waals surface area contributed by atoms with E-state index in [1.54, 1.807) is 0 Å². The van der Waals surface area contributed by atoms with Crippen molar-refractivity contribution in [1.82, 2.24) is 4.90 Å². The van der Waals surface area contributed by atoms with E-state index in [4.69, 9.17) is 0 Å². The van der Waals surface area contributed by atoms with E-state index >= 15 is 0 Å². The van der Waals surface area contributed by atoms with E-state index in [2.05, 4.69) is 44.7 Å². The maximum atomic E-state index is 2.49. The third kappa shape index (κ3) is 1.78. The maximum absolute atomic E-state index is 2.49. The van der Waals surface area contributed by atoms with Crippen LogP contribution in [0.1, 0.15) is 27.7 Å². The smallest absolute Gasteiger partial charge is 0.0239 e. The van der Waals surface area contributed by atoms with Gasteiger partial charge in [-0.1, -0.05) is 12.2 Å². The average Bonchev–Trinajstić information content (AvgIpc) is 2.46. The molecule has 1 aliphatic heterocycles. The van der Waals surface area contributed by atoms with Crippen LogP contribution in [0, 0.1) is 0 Å². The first-order valence-corrected chi connectivity index (χ1v) is 4.73. The van der Waals surface area contributed by atoms with Crippen LogP contribution in [0.4, 0.5) is 0 Å². The van der Waals surface area contributed by atoms with Crippen LogP contribution >= 0.6 is 0 Å². The summed E-state index contributed by atoms with van der Waals surface area (Å²) in [4.78, 5) is 2.49. The van der Waals surface area contributed by atoms with Gasteiger partial charge in [-0.15, -0.1) is 0 Å². The molecule has 0 bridgehead atoms. The van der Waals surface area contributed by atoms with Crippen molar-refractivity contribution in [2.24, 2.45) is 0 Å². The molecule has 0 saturated carbocycles. The summed E-state index contributed by atoms with van der Waals surface area (Å²) in [5, 5.41) is 0. The molecule has 0 aromatic rings. The maximum Gasteiger partial charge on any atom is 0.0239 e. The molecule has 1 saturated heterocycles. The molecule has 0 N–H and O–H groups in total. The Morgan fingerprint density at radius 3 is 1.75 bits per heavy atom. The van der Waals surface area contributed by atoms with Gasteiger partial charge in [0.15, 0.2) is 0 Å². The molecule has 1 heteroatoms. The summed E-state index contributed by atoms with van der Waals surface area (Å²) in [5.41, 5.74) is 3.01. The van der Waals surface area contributed by atoms with Crippen LogP contribution in [0.15, 0.2) is 23.3 Å². The molecule has 12 heavy (non-hydrogen) atoms. The Morgan fingerprint density at radius 2 is 1.50 bits per heavy atom. The van der Waals surface area contributed by atoms with Crippen LogP contribution in [0.3, 0.4) is 0 Å². The predicted molar refractivity (Wildman–Crippen MR) is 54.2 cm³/mol. The van der Waals surface area contributed by atoms with Crippen molar-refractivity contribution >= 4 is 0 Å². The van der Waals surface area contributed by atoms with Gasteiger partial charge >= 0.3 is 0 Å². The third-order valence-electron chi connectivity index (χ3n) is 2.59. The van der Waals surface area contributed by atoms with Crippen LogP contribution in [-0.4, -0.2) is 24.0 Å². The number of hydrogen-bond donors (Lipinski definition) is 0. The van der Waals surface area contributed by atoms with Crippen LogP contribution in [-0.2, 0) is 0 Å². The minimum absolute atomic E-state index is 0.664. The fourth-order valence-corrected chi connectivity index (χ4v) is 1.62. The van der Waals surface area contributed by atoms with Gasteiger partial charge in [0.2, 0.25) is 0 Å². The third-order valence-corrected chi connectivity index (χ3v) is 2.59. The fourth-order valence-electron chi connectivity index (χ4n) is 1.62. The van der Waals surface area contributed by atoms with Crippen LogP contribution in [0.2, 0.25) is 0 Å². The SMILES string of the molecule is C/C=C1/CN(C(C)C)C/C1=C/C. The lowest BCUT2D eigenvalue weighted by Crippen LogP contribution is -2.27. The standard InChI is InChI=1S/C11H19N/c1-5-10-7-12(9(3)4)8-11(10)6-2/h5-6,9H,7-8H2,1-4H3/b10-5-,11-6-. The summed E-state index contributed by atoms with van der Waals surface area (Å²) < 4.78 is 0. The zero-order valence-corrected chi connectivity index (χ0v) is 8.59. The van der Waals surface area contributed by atoms with Crippen LogP contribution < -0.4 is 0 Å². The summed E-state index contributed by atoms with van der Waals surface area (Å²) in [5.74, 6) is 0. The second-order valence-corrected chi connectivity index (χ2v) is 3.63. The number of allylic oxidation sites excluding steroid dienone is 2. The van der Waals surface area contributed by atoms with Crippen molar-refractivity contribution in [2.75, 3.05) is 13.1 Å². The van der Waals surface area contributed by atoms with Gasteiger partial charge in [0.05, 0.1) is 0 Å². The Morgan fingerprint density at radius 1 is 1.08 bits per heavy atom. The predicted octanol–water partition coefficient (Wildman–Crippen LogP) is 2.60. The number of rotatable bonds is 1. The van der Waals surface area contributed by atoms with Gasteiger partial charge in [0.1, 0.15) is 0 Å². The normalized spacial score (nSPS) is 26.4. The Hall–Kier alpha value is -0.560. The molecule has 1 nitrogen and oxygen atoms in total. The Kier molecular flexibility index (Phi) is 3.10. The number of likely N-dealkylation sites (tertiary alicyclic amines) is 1. The molecule has 1 aliphatic rings. The quantitative estimate of drug-likeness (QED) is 0.577. The lowest BCUT2D eigenvalue weighted by Gasteiger charge is -2.18. The molecule has 0 atom stereocenters. The Bertz CT molecular complexity index is 191. The summed E-state index contributed by atoms with van der Waals surface area (Å²) in [6.07, 6.45) is 4.47. The van der Waals surface area contributed by atoms with E-state index in [1.807, 2.05) is 0 Å². The van der Waals surface area contributed by atoms with Gasteiger partial charge in [-0.05, 0) is 38.8 Å². The average molecular weight is 165 g/mol. The summed E-state index contributed by atoms with van der Waals surface area (Å²) >= 11 is 0. The van der Waals surface area contributed by atoms with Crippen molar-refractivity contribution in [1.29, 1.82) is 0 Å². The summed E-state index contributed by atoms with van der Waals surface area (Å²) in [7, 11) is 0. The molecule has 0 aromatic carbocycles. The highest BCUT2D eigenvalue weighted by atomic mass is 15.2. The van der Waals surface area contributed by atoms with Crippen molar-refractivity contribution < 1.29 is 0 Å². The number of nitrogens with zero attached hydrogens (tertiary/aromatic N) is 1. The second-order valence-electron chi connectivity index (χ2n) is 3.63. The molecule has 1 heterocycles. The first kappa shape index (κ1) is 9.53. The van der Waals surface area contributed by atoms with Gasteiger partial charge in [0.25, 0.3) is 0 Å². The molecule has 0 amide bonds. The zero-order chi connectivity index (χ0) is 9.14. The minimum atomic E-state index is 0.664. The molecule has 0 spiro atoms. The second kappa shape index (κ2) is 3.90.